The quantitative estimate of drug-likeness (QED) is 0.857. The Hall–Kier alpha value is -1.31. The molecule has 0 aliphatic carbocycles. The molecule has 1 atom stereocenters. The maximum absolute atomic E-state index is 5.94. The van der Waals surface area contributed by atoms with Crippen molar-refractivity contribution in [2.24, 2.45) is 5.73 Å². The molecule has 0 saturated carbocycles. The molecule has 0 fully saturated rings. The van der Waals surface area contributed by atoms with Crippen molar-refractivity contribution in [2.45, 2.75) is 32.2 Å². The number of aryl methyl sites for hydroxylation is 1. The van der Waals surface area contributed by atoms with Crippen LogP contribution in [0.4, 0.5) is 0 Å². The highest BCUT2D eigenvalue weighted by molar-refractivity contribution is 5.85. The van der Waals surface area contributed by atoms with Crippen LogP contribution < -0.4 is 5.73 Å². The second-order valence-electron chi connectivity index (χ2n) is 4.77. The van der Waals surface area contributed by atoms with Crippen LogP contribution in [-0.2, 0) is 6.42 Å². The lowest BCUT2D eigenvalue weighted by Crippen LogP contribution is -2.18. The summed E-state index contributed by atoms with van der Waals surface area (Å²) in [6.07, 6.45) is 3.20. The summed E-state index contributed by atoms with van der Waals surface area (Å²) in [4.78, 5) is 0. The molecule has 19 heavy (non-hydrogen) atoms. The van der Waals surface area contributed by atoms with Gasteiger partial charge in [-0.15, -0.1) is 12.4 Å². The van der Waals surface area contributed by atoms with Crippen LogP contribution in [0.1, 0.15) is 25.3 Å². The van der Waals surface area contributed by atoms with Gasteiger partial charge in [0, 0.05) is 6.04 Å². The van der Waals surface area contributed by atoms with Gasteiger partial charge in [0.1, 0.15) is 0 Å². The Kier molecular flexibility index (Phi) is 6.61. The van der Waals surface area contributed by atoms with Crippen molar-refractivity contribution in [3.8, 4) is 11.1 Å². The molecule has 1 unspecified atom stereocenters. The molecular weight excluding hydrogens is 254 g/mol. The van der Waals surface area contributed by atoms with Crippen molar-refractivity contribution in [3.05, 3.63) is 60.2 Å². The second-order valence-corrected chi connectivity index (χ2v) is 4.77. The molecule has 0 spiro atoms. The molecule has 0 radical (unpaired) electrons. The Labute approximate surface area is 122 Å². The number of rotatable bonds is 5. The van der Waals surface area contributed by atoms with Crippen molar-refractivity contribution in [2.75, 3.05) is 0 Å². The lowest BCUT2D eigenvalue weighted by atomic mass is 10.0. The van der Waals surface area contributed by atoms with Crippen molar-refractivity contribution in [1.82, 2.24) is 0 Å². The molecule has 2 N–H and O–H groups in total. The van der Waals surface area contributed by atoms with Gasteiger partial charge in [0.15, 0.2) is 0 Å². The Bertz CT molecular complexity index is 464. The fourth-order valence-corrected chi connectivity index (χ4v) is 2.05. The highest BCUT2D eigenvalue weighted by atomic mass is 35.5. The van der Waals surface area contributed by atoms with Gasteiger partial charge in [0.05, 0.1) is 0 Å². The molecule has 0 aliphatic heterocycles. The minimum atomic E-state index is 0. The van der Waals surface area contributed by atoms with Gasteiger partial charge in [-0.2, -0.15) is 0 Å². The van der Waals surface area contributed by atoms with Crippen LogP contribution in [0.25, 0.3) is 11.1 Å². The maximum atomic E-state index is 5.94. The standard InChI is InChI=1S/C17H21N.ClH/c1-2-17(18)13-10-14-8-11-16(12-9-14)15-6-4-3-5-7-15;/h3-9,11-12,17H,2,10,13,18H2,1H3;1H. The van der Waals surface area contributed by atoms with Crippen LogP contribution in [0.5, 0.6) is 0 Å². The third-order valence-corrected chi connectivity index (χ3v) is 3.39. The van der Waals surface area contributed by atoms with E-state index in [9.17, 15) is 0 Å². The van der Waals surface area contributed by atoms with Crippen molar-refractivity contribution in [3.63, 3.8) is 0 Å². The van der Waals surface area contributed by atoms with E-state index >= 15 is 0 Å². The summed E-state index contributed by atoms with van der Waals surface area (Å²) < 4.78 is 0. The molecule has 0 saturated heterocycles. The molecule has 0 bridgehead atoms. The fourth-order valence-electron chi connectivity index (χ4n) is 2.05. The zero-order valence-corrected chi connectivity index (χ0v) is 12.2. The molecule has 0 aromatic heterocycles. The van der Waals surface area contributed by atoms with Gasteiger partial charge in [0.25, 0.3) is 0 Å². The zero-order chi connectivity index (χ0) is 12.8. The van der Waals surface area contributed by atoms with Gasteiger partial charge >= 0.3 is 0 Å². The third kappa shape index (κ3) is 4.70. The van der Waals surface area contributed by atoms with E-state index in [1.807, 2.05) is 6.07 Å². The lowest BCUT2D eigenvalue weighted by molar-refractivity contribution is 0.596. The number of hydrogen-bond acceptors (Lipinski definition) is 1. The van der Waals surface area contributed by atoms with Gasteiger partial charge in [-0.1, -0.05) is 61.5 Å². The van der Waals surface area contributed by atoms with Crippen molar-refractivity contribution >= 4 is 12.4 Å². The van der Waals surface area contributed by atoms with Crippen LogP contribution in [-0.4, -0.2) is 6.04 Å². The van der Waals surface area contributed by atoms with Gasteiger partial charge in [-0.3, -0.25) is 0 Å². The first-order valence-electron chi connectivity index (χ1n) is 6.69. The summed E-state index contributed by atoms with van der Waals surface area (Å²) in [6, 6.07) is 19.6. The minimum Gasteiger partial charge on any atom is -0.328 e. The summed E-state index contributed by atoms with van der Waals surface area (Å²) in [5.41, 5.74) is 9.86. The highest BCUT2D eigenvalue weighted by Crippen LogP contribution is 2.19. The monoisotopic (exact) mass is 275 g/mol. The van der Waals surface area contributed by atoms with Gasteiger partial charge in [-0.25, -0.2) is 0 Å². The zero-order valence-electron chi connectivity index (χ0n) is 11.4. The van der Waals surface area contributed by atoms with Crippen LogP contribution >= 0.6 is 12.4 Å². The summed E-state index contributed by atoms with van der Waals surface area (Å²) in [6.45, 7) is 2.14. The molecular formula is C17H22ClN. The predicted molar refractivity (Wildman–Crippen MR) is 85.7 cm³/mol. The Morgan fingerprint density at radius 3 is 2.05 bits per heavy atom. The Balaban J connectivity index is 0.00000180. The maximum Gasteiger partial charge on any atom is 0.00393 e. The SMILES string of the molecule is CCC(N)CCc1ccc(-c2ccccc2)cc1.Cl. The van der Waals surface area contributed by atoms with E-state index in [1.54, 1.807) is 0 Å². The number of benzene rings is 2. The molecule has 0 amide bonds. The molecule has 2 aromatic rings. The van der Waals surface area contributed by atoms with Crippen molar-refractivity contribution < 1.29 is 0 Å². The van der Waals surface area contributed by atoms with E-state index in [0.717, 1.165) is 19.3 Å². The summed E-state index contributed by atoms with van der Waals surface area (Å²) in [7, 11) is 0. The molecule has 102 valence electrons. The van der Waals surface area contributed by atoms with E-state index in [-0.39, 0.29) is 12.4 Å². The largest absolute Gasteiger partial charge is 0.328 e. The number of nitrogens with two attached hydrogens (primary N) is 1. The van der Waals surface area contributed by atoms with Gasteiger partial charge in [-0.05, 0) is 36.0 Å². The van der Waals surface area contributed by atoms with Gasteiger partial charge in [0.2, 0.25) is 0 Å². The predicted octanol–water partition coefficient (Wildman–Crippen LogP) is 4.45. The van der Waals surface area contributed by atoms with Crippen LogP contribution in [0.3, 0.4) is 0 Å². The average molecular weight is 276 g/mol. The van der Waals surface area contributed by atoms with E-state index in [0.29, 0.717) is 6.04 Å². The lowest BCUT2D eigenvalue weighted by Gasteiger charge is -2.09. The molecule has 0 aliphatic rings. The summed E-state index contributed by atoms with van der Waals surface area (Å²) in [5, 5.41) is 0. The Morgan fingerprint density at radius 1 is 0.895 bits per heavy atom. The number of hydrogen-bond donors (Lipinski definition) is 1. The van der Waals surface area contributed by atoms with Crippen molar-refractivity contribution in [1.29, 1.82) is 0 Å². The van der Waals surface area contributed by atoms with Crippen LogP contribution in [0.2, 0.25) is 0 Å². The van der Waals surface area contributed by atoms with Gasteiger partial charge < -0.3 is 5.73 Å². The first-order chi connectivity index (χ1) is 8.79. The van der Waals surface area contributed by atoms with E-state index < -0.39 is 0 Å². The summed E-state index contributed by atoms with van der Waals surface area (Å²) >= 11 is 0. The fraction of sp³-hybridized carbons (Fsp3) is 0.294. The molecule has 2 aromatic carbocycles. The van der Waals surface area contributed by atoms with E-state index in [1.165, 1.54) is 16.7 Å². The molecule has 2 heteroatoms. The minimum absolute atomic E-state index is 0. The van der Waals surface area contributed by atoms with Crippen LogP contribution in [0, 0.1) is 0 Å². The first kappa shape index (κ1) is 15.7. The average Bonchev–Trinajstić information content (AvgIpc) is 2.46. The first-order valence-corrected chi connectivity index (χ1v) is 6.69. The van der Waals surface area contributed by atoms with E-state index in [2.05, 4.69) is 55.5 Å². The molecule has 1 nitrogen and oxygen atoms in total. The second kappa shape index (κ2) is 7.98. The normalized spacial score (nSPS) is 11.7. The summed E-state index contributed by atoms with van der Waals surface area (Å²) in [5.74, 6) is 0. The molecule has 0 heterocycles. The third-order valence-electron chi connectivity index (χ3n) is 3.39. The molecule has 2 rings (SSSR count). The topological polar surface area (TPSA) is 26.0 Å². The van der Waals surface area contributed by atoms with Crippen LogP contribution in [0.15, 0.2) is 54.6 Å². The number of halogens is 1. The van der Waals surface area contributed by atoms with E-state index in [4.69, 9.17) is 5.73 Å². The highest BCUT2D eigenvalue weighted by Gasteiger charge is 2.01. The Morgan fingerprint density at radius 2 is 1.47 bits per heavy atom. The smallest absolute Gasteiger partial charge is 0.00393 e.